The molecule has 1 fully saturated rings. The van der Waals surface area contributed by atoms with Gasteiger partial charge in [-0.25, -0.2) is 0 Å². The molecule has 1 aromatic carbocycles. The van der Waals surface area contributed by atoms with Gasteiger partial charge in [-0.15, -0.1) is 0 Å². The Labute approximate surface area is 95.9 Å². The topological polar surface area (TPSA) is 40.9 Å². The van der Waals surface area contributed by atoms with Crippen molar-refractivity contribution < 1.29 is 4.79 Å². The van der Waals surface area contributed by atoms with E-state index in [2.05, 4.69) is 6.07 Å². The molecule has 0 bridgehead atoms. The first-order valence-corrected chi connectivity index (χ1v) is 5.66. The number of carbonyl (C=O) groups is 1. The van der Waals surface area contributed by atoms with Gasteiger partial charge in [0, 0.05) is 6.42 Å². The molecule has 0 aromatic heterocycles. The Kier molecular flexibility index (Phi) is 2.78. The first-order chi connectivity index (χ1) is 7.66. The number of nitriles is 1. The minimum atomic E-state index is -0.741. The van der Waals surface area contributed by atoms with E-state index in [9.17, 15) is 10.1 Å². The molecule has 1 aromatic rings. The first-order valence-electron chi connectivity index (χ1n) is 5.66. The molecule has 16 heavy (non-hydrogen) atoms. The minimum Gasteiger partial charge on any atom is -0.298 e. The fourth-order valence-electron chi connectivity index (χ4n) is 2.33. The lowest BCUT2D eigenvalue weighted by Crippen LogP contribution is -2.26. The van der Waals surface area contributed by atoms with Crippen LogP contribution in [-0.2, 0) is 11.2 Å². The maximum absolute atomic E-state index is 11.8. The fraction of sp³-hybridized carbons (Fsp3) is 0.429. The van der Waals surface area contributed by atoms with Gasteiger partial charge in [0.1, 0.15) is 5.41 Å². The summed E-state index contributed by atoms with van der Waals surface area (Å²) in [6, 6.07) is 10.3. The summed E-state index contributed by atoms with van der Waals surface area (Å²) in [5.41, 5.74) is 1.55. The third kappa shape index (κ3) is 1.86. The molecular formula is C14H15NO. The smallest absolute Gasteiger partial charge is 0.153 e. The number of aryl methyl sites for hydroxylation is 1. The Bertz CT molecular complexity index is 441. The second-order valence-corrected chi connectivity index (χ2v) is 4.63. The van der Waals surface area contributed by atoms with Crippen LogP contribution in [0.2, 0.25) is 0 Å². The number of hydrogen-bond acceptors (Lipinski definition) is 2. The molecule has 2 heteroatoms. The van der Waals surface area contributed by atoms with Crippen molar-refractivity contribution in [1.29, 1.82) is 5.26 Å². The molecule has 0 radical (unpaired) electrons. The SMILES string of the molecule is Cc1ccc(CC2(C#N)CCCC2=O)cc1. The quantitative estimate of drug-likeness (QED) is 0.758. The van der Waals surface area contributed by atoms with Crippen molar-refractivity contribution in [2.45, 2.75) is 32.6 Å². The summed E-state index contributed by atoms with van der Waals surface area (Å²) in [6.07, 6.45) is 2.72. The highest BCUT2D eigenvalue weighted by atomic mass is 16.1. The maximum Gasteiger partial charge on any atom is 0.153 e. The van der Waals surface area contributed by atoms with Gasteiger partial charge >= 0.3 is 0 Å². The lowest BCUT2D eigenvalue weighted by Gasteiger charge is -2.18. The van der Waals surface area contributed by atoms with Gasteiger partial charge in [0.25, 0.3) is 0 Å². The summed E-state index contributed by atoms with van der Waals surface area (Å²) in [5, 5.41) is 9.23. The van der Waals surface area contributed by atoms with E-state index < -0.39 is 5.41 Å². The second-order valence-electron chi connectivity index (χ2n) is 4.63. The van der Waals surface area contributed by atoms with Crippen LogP contribution in [0.25, 0.3) is 0 Å². The van der Waals surface area contributed by atoms with Gasteiger partial charge in [-0.1, -0.05) is 29.8 Å². The van der Waals surface area contributed by atoms with Crippen LogP contribution in [0.15, 0.2) is 24.3 Å². The molecule has 0 spiro atoms. The second kappa shape index (κ2) is 4.09. The average molecular weight is 213 g/mol. The highest BCUT2D eigenvalue weighted by molar-refractivity contribution is 5.89. The van der Waals surface area contributed by atoms with Crippen molar-refractivity contribution >= 4 is 5.78 Å². The molecule has 0 N–H and O–H groups in total. The van der Waals surface area contributed by atoms with Gasteiger partial charge < -0.3 is 0 Å². The van der Waals surface area contributed by atoms with E-state index in [4.69, 9.17) is 0 Å². The molecule has 1 unspecified atom stereocenters. The predicted molar refractivity (Wildman–Crippen MR) is 61.8 cm³/mol. The van der Waals surface area contributed by atoms with Gasteiger partial charge in [0.2, 0.25) is 0 Å². The van der Waals surface area contributed by atoms with Crippen molar-refractivity contribution in [3.63, 3.8) is 0 Å². The summed E-state index contributed by atoms with van der Waals surface area (Å²) < 4.78 is 0. The molecule has 1 atom stereocenters. The van der Waals surface area contributed by atoms with Gasteiger partial charge in [-0.3, -0.25) is 4.79 Å². The van der Waals surface area contributed by atoms with Crippen LogP contribution in [0.1, 0.15) is 30.4 Å². The molecule has 1 aliphatic rings. The van der Waals surface area contributed by atoms with Crippen LogP contribution in [0, 0.1) is 23.7 Å². The van der Waals surface area contributed by atoms with Crippen LogP contribution in [0.5, 0.6) is 0 Å². The zero-order chi connectivity index (χ0) is 11.6. The maximum atomic E-state index is 11.8. The standard InChI is InChI=1S/C14H15NO/c1-11-4-6-12(7-5-11)9-14(10-15)8-2-3-13(14)16/h4-7H,2-3,8-9H2,1H3. The van der Waals surface area contributed by atoms with Gasteiger partial charge in [0.05, 0.1) is 6.07 Å². The highest BCUT2D eigenvalue weighted by Gasteiger charge is 2.42. The number of nitrogens with zero attached hydrogens (tertiary/aromatic N) is 1. The van der Waals surface area contributed by atoms with E-state index in [0.717, 1.165) is 18.4 Å². The summed E-state index contributed by atoms with van der Waals surface area (Å²) in [5.74, 6) is 0.121. The van der Waals surface area contributed by atoms with Crippen molar-refractivity contribution in [1.82, 2.24) is 0 Å². The molecule has 1 aliphatic carbocycles. The zero-order valence-electron chi connectivity index (χ0n) is 9.49. The summed E-state index contributed by atoms with van der Waals surface area (Å²) in [7, 11) is 0. The average Bonchev–Trinajstić information content (AvgIpc) is 2.64. The molecule has 0 heterocycles. The zero-order valence-corrected chi connectivity index (χ0v) is 9.49. The van der Waals surface area contributed by atoms with Crippen LogP contribution >= 0.6 is 0 Å². The Balaban J connectivity index is 2.23. The van der Waals surface area contributed by atoms with Crippen molar-refractivity contribution in [2.24, 2.45) is 5.41 Å². The Morgan fingerprint density at radius 2 is 2.06 bits per heavy atom. The molecule has 0 saturated heterocycles. The molecule has 82 valence electrons. The van der Waals surface area contributed by atoms with Crippen LogP contribution < -0.4 is 0 Å². The van der Waals surface area contributed by atoms with E-state index in [1.807, 2.05) is 31.2 Å². The number of rotatable bonds is 2. The summed E-state index contributed by atoms with van der Waals surface area (Å²) >= 11 is 0. The van der Waals surface area contributed by atoms with Gasteiger partial charge in [-0.05, 0) is 31.7 Å². The van der Waals surface area contributed by atoms with Gasteiger partial charge in [-0.2, -0.15) is 5.26 Å². The number of Topliss-reactive ketones (excluding diaryl/α,β-unsaturated/α-hetero) is 1. The molecule has 0 aliphatic heterocycles. The van der Waals surface area contributed by atoms with Crippen molar-refractivity contribution in [3.8, 4) is 6.07 Å². The largest absolute Gasteiger partial charge is 0.298 e. The molecule has 2 nitrogen and oxygen atoms in total. The van der Waals surface area contributed by atoms with Crippen LogP contribution in [0.4, 0.5) is 0 Å². The Morgan fingerprint density at radius 1 is 1.38 bits per heavy atom. The van der Waals surface area contributed by atoms with Crippen molar-refractivity contribution in [3.05, 3.63) is 35.4 Å². The van der Waals surface area contributed by atoms with E-state index >= 15 is 0 Å². The third-order valence-electron chi connectivity index (χ3n) is 3.38. The lowest BCUT2D eigenvalue weighted by molar-refractivity contribution is -0.123. The summed E-state index contributed by atoms with van der Waals surface area (Å²) in [4.78, 5) is 11.8. The van der Waals surface area contributed by atoms with E-state index in [1.165, 1.54) is 5.56 Å². The Morgan fingerprint density at radius 3 is 2.56 bits per heavy atom. The van der Waals surface area contributed by atoms with E-state index in [-0.39, 0.29) is 5.78 Å². The van der Waals surface area contributed by atoms with Crippen LogP contribution in [0.3, 0.4) is 0 Å². The first kappa shape index (κ1) is 10.9. The molecule has 0 amide bonds. The predicted octanol–water partition coefficient (Wildman–Crippen LogP) is 2.80. The van der Waals surface area contributed by atoms with E-state index in [0.29, 0.717) is 12.8 Å². The van der Waals surface area contributed by atoms with Gasteiger partial charge in [0.15, 0.2) is 5.78 Å². The summed E-state index contributed by atoms with van der Waals surface area (Å²) in [6.45, 7) is 2.03. The number of benzene rings is 1. The van der Waals surface area contributed by atoms with Crippen LogP contribution in [-0.4, -0.2) is 5.78 Å². The monoisotopic (exact) mass is 213 g/mol. The number of hydrogen-bond donors (Lipinski definition) is 0. The number of ketones is 1. The molecular weight excluding hydrogens is 198 g/mol. The molecule has 2 rings (SSSR count). The minimum absolute atomic E-state index is 0.121. The Hall–Kier alpha value is -1.62. The van der Waals surface area contributed by atoms with Crippen molar-refractivity contribution in [2.75, 3.05) is 0 Å². The van der Waals surface area contributed by atoms with E-state index in [1.54, 1.807) is 0 Å². The number of carbonyl (C=O) groups excluding carboxylic acids is 1. The third-order valence-corrected chi connectivity index (χ3v) is 3.38. The lowest BCUT2D eigenvalue weighted by atomic mass is 9.80. The highest BCUT2D eigenvalue weighted by Crippen LogP contribution is 2.37. The normalized spacial score (nSPS) is 24.4. The molecule has 1 saturated carbocycles. The fourth-order valence-corrected chi connectivity index (χ4v) is 2.33.